The Morgan fingerprint density at radius 1 is 1.32 bits per heavy atom. The lowest BCUT2D eigenvalue weighted by Gasteiger charge is -2.11. The van der Waals surface area contributed by atoms with Gasteiger partial charge in [-0.05, 0) is 24.6 Å². The molecule has 0 saturated heterocycles. The molecule has 0 spiro atoms. The number of oxime groups is 1. The third kappa shape index (κ3) is 5.29. The fourth-order valence-electron chi connectivity index (χ4n) is 1.96. The largest absolute Gasteiger partial charge is 0.383 e. The van der Waals surface area contributed by atoms with E-state index >= 15 is 0 Å². The zero-order valence-corrected chi connectivity index (χ0v) is 14.1. The number of halogens is 1. The maximum absolute atomic E-state index is 12.0. The summed E-state index contributed by atoms with van der Waals surface area (Å²) in [6.45, 7) is 1.79. The fourth-order valence-corrected chi connectivity index (χ4v) is 2.16. The zero-order valence-electron chi connectivity index (χ0n) is 13.4. The van der Waals surface area contributed by atoms with E-state index in [0.717, 1.165) is 5.56 Å². The van der Waals surface area contributed by atoms with Crippen LogP contribution >= 0.6 is 11.6 Å². The molecule has 0 saturated carbocycles. The average molecular weight is 362 g/mol. The molecule has 0 aliphatic heterocycles. The van der Waals surface area contributed by atoms with Crippen molar-refractivity contribution in [3.05, 3.63) is 74.8 Å². The Kier molecular flexibility index (Phi) is 6.47. The lowest BCUT2D eigenvalue weighted by molar-refractivity contribution is -0.385. The molecule has 130 valence electrons. The zero-order chi connectivity index (χ0) is 18.2. The number of nitro groups is 1. The third-order valence-corrected chi connectivity index (χ3v) is 3.69. The van der Waals surface area contributed by atoms with Crippen molar-refractivity contribution >= 4 is 29.4 Å². The number of amides is 1. The molecule has 0 aliphatic rings. The summed E-state index contributed by atoms with van der Waals surface area (Å²) in [6, 6.07) is 13.3. The molecule has 2 aromatic carbocycles. The van der Waals surface area contributed by atoms with Crippen molar-refractivity contribution in [3.8, 4) is 0 Å². The molecule has 25 heavy (non-hydrogen) atoms. The predicted molar refractivity (Wildman–Crippen MR) is 94.5 cm³/mol. The van der Waals surface area contributed by atoms with Crippen molar-refractivity contribution in [3.63, 3.8) is 0 Å². The molecule has 1 N–H and O–H groups in total. The second-order valence-corrected chi connectivity index (χ2v) is 5.51. The highest BCUT2D eigenvalue weighted by atomic mass is 35.5. The number of carbonyl (C=O) groups excluding carboxylic acids is 1. The van der Waals surface area contributed by atoms with Crippen molar-refractivity contribution in [2.75, 3.05) is 0 Å². The van der Waals surface area contributed by atoms with Gasteiger partial charge in [0.25, 0.3) is 11.6 Å². The standard InChI is InChI=1S/C17H16ClN3O4/c1-12(17(22)19-10-13-6-2-4-8-15(13)18)25-20-11-14-7-3-5-9-16(14)21(23)24/h2-9,11-12H,10H2,1H3,(H,19,22)/b20-11+. The van der Waals surface area contributed by atoms with Gasteiger partial charge in [-0.15, -0.1) is 0 Å². The number of nitrogens with one attached hydrogen (secondary N) is 1. The molecule has 2 aromatic rings. The first-order valence-electron chi connectivity index (χ1n) is 7.42. The Labute approximate surface area is 149 Å². The summed E-state index contributed by atoms with van der Waals surface area (Å²) in [4.78, 5) is 27.4. The Hall–Kier alpha value is -2.93. The molecule has 0 aromatic heterocycles. The SMILES string of the molecule is CC(O/N=C/c1ccccc1[N+](=O)[O-])C(=O)NCc1ccccc1Cl. The van der Waals surface area contributed by atoms with Gasteiger partial charge in [0.15, 0.2) is 0 Å². The second kappa shape index (κ2) is 8.79. The minimum atomic E-state index is -0.860. The second-order valence-electron chi connectivity index (χ2n) is 5.11. The van der Waals surface area contributed by atoms with Crippen LogP contribution in [0.2, 0.25) is 5.02 Å². The number of nitrogens with zero attached hydrogens (tertiary/aromatic N) is 2. The van der Waals surface area contributed by atoms with Crippen LogP contribution in [0.4, 0.5) is 5.69 Å². The molecule has 0 aliphatic carbocycles. The predicted octanol–water partition coefficient (Wildman–Crippen LogP) is 3.30. The number of carbonyl (C=O) groups is 1. The summed E-state index contributed by atoms with van der Waals surface area (Å²) in [5.41, 5.74) is 0.981. The topological polar surface area (TPSA) is 93.8 Å². The maximum Gasteiger partial charge on any atom is 0.278 e. The van der Waals surface area contributed by atoms with Gasteiger partial charge in [0.2, 0.25) is 6.10 Å². The van der Waals surface area contributed by atoms with Crippen LogP contribution in [0.25, 0.3) is 0 Å². The quantitative estimate of drug-likeness (QED) is 0.465. The van der Waals surface area contributed by atoms with Crippen LogP contribution in [0, 0.1) is 10.1 Å². The summed E-state index contributed by atoms with van der Waals surface area (Å²) in [5.74, 6) is -0.375. The molecule has 2 rings (SSSR count). The maximum atomic E-state index is 12.0. The Morgan fingerprint density at radius 2 is 2.00 bits per heavy atom. The minimum absolute atomic E-state index is 0.0920. The normalized spacial score (nSPS) is 11.9. The lowest BCUT2D eigenvalue weighted by atomic mass is 10.2. The van der Waals surface area contributed by atoms with Crippen molar-refractivity contribution in [2.24, 2.45) is 5.16 Å². The van der Waals surface area contributed by atoms with E-state index in [1.54, 1.807) is 30.3 Å². The van der Waals surface area contributed by atoms with Crippen LogP contribution in [-0.4, -0.2) is 23.1 Å². The molecule has 0 radical (unpaired) electrons. The molecule has 0 bridgehead atoms. The van der Waals surface area contributed by atoms with Crippen LogP contribution in [0.3, 0.4) is 0 Å². The van der Waals surface area contributed by atoms with Gasteiger partial charge in [0.1, 0.15) is 0 Å². The van der Waals surface area contributed by atoms with Gasteiger partial charge in [-0.2, -0.15) is 0 Å². The third-order valence-electron chi connectivity index (χ3n) is 3.32. The van der Waals surface area contributed by atoms with E-state index in [2.05, 4.69) is 10.5 Å². The van der Waals surface area contributed by atoms with Gasteiger partial charge in [-0.1, -0.05) is 47.1 Å². The summed E-state index contributed by atoms with van der Waals surface area (Å²) in [5, 5.41) is 17.8. The highest BCUT2D eigenvalue weighted by molar-refractivity contribution is 6.31. The van der Waals surface area contributed by atoms with Gasteiger partial charge in [-0.3, -0.25) is 14.9 Å². The molecular weight excluding hydrogens is 346 g/mol. The summed E-state index contributed by atoms with van der Waals surface area (Å²) >= 11 is 6.02. The van der Waals surface area contributed by atoms with Gasteiger partial charge < -0.3 is 10.2 Å². The number of benzene rings is 2. The lowest BCUT2D eigenvalue weighted by Crippen LogP contribution is -2.33. The number of nitro benzene ring substituents is 1. The van der Waals surface area contributed by atoms with Gasteiger partial charge in [0, 0.05) is 17.6 Å². The van der Waals surface area contributed by atoms with Gasteiger partial charge in [0.05, 0.1) is 16.7 Å². The average Bonchev–Trinajstić information content (AvgIpc) is 2.61. The van der Waals surface area contributed by atoms with Crippen molar-refractivity contribution in [2.45, 2.75) is 19.6 Å². The molecule has 1 unspecified atom stereocenters. The molecular formula is C17H16ClN3O4. The highest BCUT2D eigenvalue weighted by Crippen LogP contribution is 2.16. The molecule has 0 heterocycles. The van der Waals surface area contributed by atoms with Gasteiger partial charge in [-0.25, -0.2) is 0 Å². The Morgan fingerprint density at radius 3 is 2.72 bits per heavy atom. The Bertz CT molecular complexity index is 795. The number of hydrogen-bond donors (Lipinski definition) is 1. The molecule has 1 atom stereocenters. The molecule has 1 amide bonds. The fraction of sp³-hybridized carbons (Fsp3) is 0.176. The minimum Gasteiger partial charge on any atom is -0.383 e. The van der Waals surface area contributed by atoms with Crippen LogP contribution in [0.15, 0.2) is 53.7 Å². The van der Waals surface area contributed by atoms with E-state index in [1.807, 2.05) is 6.07 Å². The van der Waals surface area contributed by atoms with E-state index in [1.165, 1.54) is 25.3 Å². The summed E-state index contributed by atoms with van der Waals surface area (Å²) in [7, 11) is 0. The van der Waals surface area contributed by atoms with E-state index in [4.69, 9.17) is 16.4 Å². The van der Waals surface area contributed by atoms with Crippen LogP contribution in [0.5, 0.6) is 0 Å². The van der Waals surface area contributed by atoms with Crippen LogP contribution < -0.4 is 5.32 Å². The summed E-state index contributed by atoms with van der Waals surface area (Å²) in [6.07, 6.45) is 0.345. The first-order valence-corrected chi connectivity index (χ1v) is 7.80. The molecule has 0 fully saturated rings. The highest BCUT2D eigenvalue weighted by Gasteiger charge is 2.15. The molecule has 8 heteroatoms. The number of hydrogen-bond acceptors (Lipinski definition) is 5. The van der Waals surface area contributed by atoms with Crippen molar-refractivity contribution in [1.82, 2.24) is 5.32 Å². The van der Waals surface area contributed by atoms with Crippen molar-refractivity contribution in [1.29, 1.82) is 0 Å². The van der Waals surface area contributed by atoms with E-state index < -0.39 is 11.0 Å². The monoisotopic (exact) mass is 361 g/mol. The van der Waals surface area contributed by atoms with Crippen molar-refractivity contribution < 1.29 is 14.6 Å². The number of para-hydroxylation sites is 1. The van der Waals surface area contributed by atoms with Crippen LogP contribution in [-0.2, 0) is 16.2 Å². The van der Waals surface area contributed by atoms with Gasteiger partial charge >= 0.3 is 0 Å². The van der Waals surface area contributed by atoms with Crippen LogP contribution in [0.1, 0.15) is 18.1 Å². The molecule has 7 nitrogen and oxygen atoms in total. The van der Waals surface area contributed by atoms with E-state index in [0.29, 0.717) is 5.02 Å². The first-order chi connectivity index (χ1) is 12.0. The van der Waals surface area contributed by atoms with E-state index in [9.17, 15) is 14.9 Å². The summed E-state index contributed by atoms with van der Waals surface area (Å²) < 4.78 is 0. The smallest absolute Gasteiger partial charge is 0.278 e. The number of rotatable bonds is 7. The van der Waals surface area contributed by atoms with E-state index in [-0.39, 0.29) is 23.7 Å². The Balaban J connectivity index is 1.89. The first kappa shape index (κ1) is 18.4.